The van der Waals surface area contributed by atoms with Gasteiger partial charge in [0, 0.05) is 37.8 Å². The van der Waals surface area contributed by atoms with Crippen LogP contribution in [0.2, 0.25) is 0 Å². The smallest absolute Gasteiger partial charge is 0.246 e. The van der Waals surface area contributed by atoms with Crippen LogP contribution in [0.25, 0.3) is 6.08 Å². The maximum absolute atomic E-state index is 12.2. The van der Waals surface area contributed by atoms with Crippen LogP contribution in [-0.4, -0.2) is 55.0 Å². The molecule has 1 saturated heterocycles. The molecule has 114 valence electrons. The summed E-state index contributed by atoms with van der Waals surface area (Å²) in [5.74, 6) is 0.900. The van der Waals surface area contributed by atoms with Crippen molar-refractivity contribution < 1.29 is 9.53 Å². The SMILES string of the molecule is CCOc1ccccc1C=CC(=O)N1CCN(CC)CC1. The molecule has 0 N–H and O–H groups in total. The molecule has 1 aliphatic rings. The first-order valence-corrected chi connectivity index (χ1v) is 7.65. The Hall–Kier alpha value is -1.81. The van der Waals surface area contributed by atoms with Crippen LogP contribution in [0.1, 0.15) is 19.4 Å². The molecule has 1 aliphatic heterocycles. The van der Waals surface area contributed by atoms with Gasteiger partial charge in [0.2, 0.25) is 5.91 Å². The summed E-state index contributed by atoms with van der Waals surface area (Å²) in [6.07, 6.45) is 3.50. The minimum absolute atomic E-state index is 0.0806. The zero-order valence-corrected chi connectivity index (χ0v) is 12.9. The number of nitrogens with zero attached hydrogens (tertiary/aromatic N) is 2. The lowest BCUT2D eigenvalue weighted by atomic mass is 10.2. The fourth-order valence-corrected chi connectivity index (χ4v) is 2.46. The van der Waals surface area contributed by atoms with Crippen molar-refractivity contribution in [2.45, 2.75) is 13.8 Å². The van der Waals surface area contributed by atoms with E-state index in [1.165, 1.54) is 0 Å². The van der Waals surface area contributed by atoms with Gasteiger partial charge in [-0.15, -0.1) is 0 Å². The molecule has 1 fully saturated rings. The summed E-state index contributed by atoms with van der Waals surface area (Å²) in [5.41, 5.74) is 0.944. The molecule has 0 atom stereocenters. The van der Waals surface area contributed by atoms with E-state index >= 15 is 0 Å². The average molecular weight is 288 g/mol. The Kier molecular flexibility index (Phi) is 5.81. The van der Waals surface area contributed by atoms with Crippen molar-refractivity contribution in [2.24, 2.45) is 0 Å². The van der Waals surface area contributed by atoms with E-state index in [4.69, 9.17) is 4.74 Å². The van der Waals surface area contributed by atoms with E-state index in [9.17, 15) is 4.79 Å². The number of hydrogen-bond donors (Lipinski definition) is 0. The Morgan fingerprint density at radius 2 is 1.90 bits per heavy atom. The molecule has 2 rings (SSSR count). The number of carbonyl (C=O) groups is 1. The van der Waals surface area contributed by atoms with Crippen LogP contribution >= 0.6 is 0 Å². The summed E-state index contributed by atoms with van der Waals surface area (Å²) < 4.78 is 5.56. The van der Waals surface area contributed by atoms with Gasteiger partial charge >= 0.3 is 0 Å². The number of hydrogen-bond acceptors (Lipinski definition) is 3. The lowest BCUT2D eigenvalue weighted by molar-refractivity contribution is -0.127. The highest BCUT2D eigenvalue weighted by Gasteiger charge is 2.18. The number of amides is 1. The van der Waals surface area contributed by atoms with Crippen molar-refractivity contribution in [1.29, 1.82) is 0 Å². The van der Waals surface area contributed by atoms with Gasteiger partial charge in [-0.3, -0.25) is 4.79 Å². The number of carbonyl (C=O) groups excluding carboxylic acids is 1. The Morgan fingerprint density at radius 1 is 1.19 bits per heavy atom. The number of piperazine rings is 1. The molecule has 1 heterocycles. The zero-order chi connectivity index (χ0) is 15.1. The van der Waals surface area contributed by atoms with E-state index in [1.807, 2.05) is 42.2 Å². The molecule has 1 aromatic carbocycles. The standard InChI is InChI=1S/C17H24N2O2/c1-3-18-11-13-19(14-12-18)17(20)10-9-15-7-5-6-8-16(15)21-4-2/h5-10H,3-4,11-14H2,1-2H3. The van der Waals surface area contributed by atoms with Gasteiger partial charge in [-0.25, -0.2) is 0 Å². The minimum atomic E-state index is 0.0806. The van der Waals surface area contributed by atoms with Gasteiger partial charge < -0.3 is 14.5 Å². The fourth-order valence-electron chi connectivity index (χ4n) is 2.46. The number of rotatable bonds is 5. The molecule has 1 amide bonds. The number of ether oxygens (including phenoxy) is 1. The normalized spacial score (nSPS) is 16.4. The van der Waals surface area contributed by atoms with E-state index in [0.29, 0.717) is 6.61 Å². The maximum atomic E-state index is 12.2. The highest BCUT2D eigenvalue weighted by molar-refractivity contribution is 5.92. The third-order valence-corrected chi connectivity index (χ3v) is 3.76. The first-order chi connectivity index (χ1) is 10.2. The van der Waals surface area contributed by atoms with Gasteiger partial charge in [0.1, 0.15) is 5.75 Å². The lowest BCUT2D eigenvalue weighted by Gasteiger charge is -2.33. The molecule has 21 heavy (non-hydrogen) atoms. The molecule has 0 radical (unpaired) electrons. The molecule has 0 aliphatic carbocycles. The first-order valence-electron chi connectivity index (χ1n) is 7.65. The molecule has 1 aromatic rings. The molecule has 0 saturated carbocycles. The second-order valence-corrected chi connectivity index (χ2v) is 5.06. The van der Waals surface area contributed by atoms with Crippen molar-refractivity contribution in [3.05, 3.63) is 35.9 Å². The van der Waals surface area contributed by atoms with Gasteiger partial charge in [-0.2, -0.15) is 0 Å². The van der Waals surface area contributed by atoms with Crippen molar-refractivity contribution in [3.8, 4) is 5.75 Å². The summed E-state index contributed by atoms with van der Waals surface area (Å²) in [4.78, 5) is 16.5. The van der Waals surface area contributed by atoms with Gasteiger partial charge in [0.05, 0.1) is 6.61 Å². The highest BCUT2D eigenvalue weighted by Crippen LogP contribution is 2.19. The Bertz CT molecular complexity index is 491. The minimum Gasteiger partial charge on any atom is -0.493 e. The van der Waals surface area contributed by atoms with Crippen molar-refractivity contribution in [3.63, 3.8) is 0 Å². The Balaban J connectivity index is 1.96. The summed E-state index contributed by atoms with van der Waals surface area (Å²) in [6, 6.07) is 7.78. The molecule has 4 nitrogen and oxygen atoms in total. The molecule has 0 unspecified atom stereocenters. The number of para-hydroxylation sites is 1. The van der Waals surface area contributed by atoms with Crippen LogP contribution in [0.5, 0.6) is 5.75 Å². The van der Waals surface area contributed by atoms with Crippen molar-refractivity contribution in [2.75, 3.05) is 39.3 Å². The molecule has 4 heteroatoms. The predicted octanol–water partition coefficient (Wildman–Crippen LogP) is 2.26. The van der Waals surface area contributed by atoms with Gasteiger partial charge in [0.25, 0.3) is 0 Å². The summed E-state index contributed by atoms with van der Waals surface area (Å²) >= 11 is 0. The first kappa shape index (κ1) is 15.6. The maximum Gasteiger partial charge on any atom is 0.246 e. The van der Waals surface area contributed by atoms with E-state index < -0.39 is 0 Å². The second kappa shape index (κ2) is 7.84. The van der Waals surface area contributed by atoms with Gasteiger partial charge in [-0.1, -0.05) is 25.1 Å². The second-order valence-electron chi connectivity index (χ2n) is 5.06. The number of likely N-dealkylation sites (N-methyl/N-ethyl adjacent to an activating group) is 1. The largest absolute Gasteiger partial charge is 0.493 e. The predicted molar refractivity (Wildman–Crippen MR) is 85.3 cm³/mol. The van der Waals surface area contributed by atoms with E-state index in [1.54, 1.807) is 6.08 Å². The van der Waals surface area contributed by atoms with Crippen LogP contribution in [0, 0.1) is 0 Å². The van der Waals surface area contributed by atoms with Gasteiger partial charge in [-0.05, 0) is 25.6 Å². The van der Waals surface area contributed by atoms with Crippen LogP contribution < -0.4 is 4.74 Å². The van der Waals surface area contributed by atoms with E-state index in [0.717, 1.165) is 44.0 Å². The topological polar surface area (TPSA) is 32.8 Å². The molecular formula is C17H24N2O2. The highest BCUT2D eigenvalue weighted by atomic mass is 16.5. The summed E-state index contributed by atoms with van der Waals surface area (Å²) in [6.45, 7) is 9.34. The fraction of sp³-hybridized carbons (Fsp3) is 0.471. The Labute approximate surface area is 127 Å². The summed E-state index contributed by atoms with van der Waals surface area (Å²) in [5, 5.41) is 0. The Morgan fingerprint density at radius 3 is 2.57 bits per heavy atom. The molecule has 0 bridgehead atoms. The van der Waals surface area contributed by atoms with Crippen molar-refractivity contribution in [1.82, 2.24) is 9.80 Å². The van der Waals surface area contributed by atoms with E-state index in [2.05, 4.69) is 11.8 Å². The van der Waals surface area contributed by atoms with Crippen LogP contribution in [0.4, 0.5) is 0 Å². The van der Waals surface area contributed by atoms with Crippen LogP contribution in [0.15, 0.2) is 30.3 Å². The zero-order valence-electron chi connectivity index (χ0n) is 12.9. The number of benzene rings is 1. The third kappa shape index (κ3) is 4.33. The van der Waals surface area contributed by atoms with Gasteiger partial charge in [0.15, 0.2) is 0 Å². The molecule has 0 spiro atoms. The lowest BCUT2D eigenvalue weighted by Crippen LogP contribution is -2.48. The van der Waals surface area contributed by atoms with Crippen LogP contribution in [0.3, 0.4) is 0 Å². The van der Waals surface area contributed by atoms with Crippen molar-refractivity contribution >= 4 is 12.0 Å². The quantitative estimate of drug-likeness (QED) is 0.779. The van der Waals surface area contributed by atoms with E-state index in [-0.39, 0.29) is 5.91 Å². The molecular weight excluding hydrogens is 264 g/mol. The third-order valence-electron chi connectivity index (χ3n) is 3.76. The molecule has 0 aromatic heterocycles. The monoisotopic (exact) mass is 288 g/mol. The summed E-state index contributed by atoms with van der Waals surface area (Å²) in [7, 11) is 0. The average Bonchev–Trinajstić information content (AvgIpc) is 2.54. The van der Waals surface area contributed by atoms with Crippen LogP contribution in [-0.2, 0) is 4.79 Å².